The monoisotopic (exact) mass is 574 g/mol. The van der Waals surface area contributed by atoms with Crippen LogP contribution in [0.5, 0.6) is 5.75 Å². The second-order valence-electron chi connectivity index (χ2n) is 10.3. The third kappa shape index (κ3) is 7.05. The van der Waals surface area contributed by atoms with E-state index in [-0.39, 0.29) is 11.9 Å². The van der Waals surface area contributed by atoms with Gasteiger partial charge < -0.3 is 30.5 Å². The number of carbonyl (C=O) groups excluding carboxylic acids is 2. The number of para-hydroxylation sites is 2. The maximum absolute atomic E-state index is 13.7. The highest BCUT2D eigenvalue weighted by molar-refractivity contribution is 6.04. The number of anilines is 4. The van der Waals surface area contributed by atoms with Gasteiger partial charge in [0.15, 0.2) is 0 Å². The van der Waals surface area contributed by atoms with Gasteiger partial charge in [0, 0.05) is 43.2 Å². The van der Waals surface area contributed by atoms with Gasteiger partial charge in [0.25, 0.3) is 5.91 Å². The number of hydrogen-bond donors (Lipinski definition) is 3. The van der Waals surface area contributed by atoms with Crippen molar-refractivity contribution in [3.63, 3.8) is 0 Å². The van der Waals surface area contributed by atoms with Crippen LogP contribution in [0.25, 0.3) is 0 Å². The van der Waals surface area contributed by atoms with E-state index in [9.17, 15) is 9.59 Å². The maximum atomic E-state index is 13.7. The van der Waals surface area contributed by atoms with E-state index >= 15 is 0 Å². The Kier molecular flexibility index (Phi) is 9.08. The van der Waals surface area contributed by atoms with Crippen LogP contribution in [0.15, 0.2) is 97.1 Å². The van der Waals surface area contributed by atoms with Crippen LogP contribution in [0.2, 0.25) is 0 Å². The summed E-state index contributed by atoms with van der Waals surface area (Å²) < 4.78 is 5.57. The second kappa shape index (κ2) is 13.4. The Morgan fingerprint density at radius 1 is 0.791 bits per heavy atom. The number of ether oxygens (including phenoxy) is 1. The number of rotatable bonds is 8. The lowest BCUT2D eigenvalue weighted by atomic mass is 10.1. The van der Waals surface area contributed by atoms with Crippen molar-refractivity contribution >= 4 is 34.7 Å². The predicted molar refractivity (Wildman–Crippen MR) is 170 cm³/mol. The molecule has 9 heteroatoms. The Bertz CT molecular complexity index is 1630. The van der Waals surface area contributed by atoms with E-state index in [1.807, 2.05) is 61.5 Å². The first-order chi connectivity index (χ1) is 20.9. The molecule has 1 aliphatic rings. The fourth-order valence-corrected chi connectivity index (χ4v) is 5.21. The van der Waals surface area contributed by atoms with Crippen molar-refractivity contribution in [2.45, 2.75) is 13.0 Å². The van der Waals surface area contributed by atoms with Gasteiger partial charge in [-0.2, -0.15) is 5.26 Å². The highest BCUT2D eigenvalue weighted by atomic mass is 16.5. The molecule has 4 aromatic rings. The molecular formula is C34H34N6O3. The van der Waals surface area contributed by atoms with Crippen LogP contribution < -0.4 is 30.5 Å². The molecule has 4 aromatic carbocycles. The molecule has 0 radical (unpaired) electrons. The summed E-state index contributed by atoms with van der Waals surface area (Å²) in [7, 11) is 1.68. The number of benzene rings is 4. The molecule has 0 saturated carbocycles. The van der Waals surface area contributed by atoms with E-state index in [1.54, 1.807) is 43.5 Å². The zero-order valence-electron chi connectivity index (χ0n) is 24.2. The summed E-state index contributed by atoms with van der Waals surface area (Å²) >= 11 is 0. The number of hydrogen-bond acceptors (Lipinski definition) is 6. The Hall–Kier alpha value is -5.49. The van der Waals surface area contributed by atoms with Crippen molar-refractivity contribution in [3.8, 4) is 11.8 Å². The number of urea groups is 1. The van der Waals surface area contributed by atoms with Gasteiger partial charge in [-0.3, -0.25) is 4.79 Å². The maximum Gasteiger partial charge on any atom is 0.323 e. The summed E-state index contributed by atoms with van der Waals surface area (Å²) in [5, 5.41) is 17.8. The highest BCUT2D eigenvalue weighted by Gasteiger charge is 2.24. The van der Waals surface area contributed by atoms with Crippen LogP contribution in [0.3, 0.4) is 0 Å². The minimum atomic E-state index is -0.475. The van der Waals surface area contributed by atoms with E-state index in [1.165, 1.54) is 0 Å². The van der Waals surface area contributed by atoms with Gasteiger partial charge in [0.2, 0.25) is 0 Å². The fourth-order valence-electron chi connectivity index (χ4n) is 5.21. The van der Waals surface area contributed by atoms with Crippen molar-refractivity contribution in [1.29, 1.82) is 5.26 Å². The molecule has 1 heterocycles. The van der Waals surface area contributed by atoms with Gasteiger partial charge >= 0.3 is 6.03 Å². The lowest BCUT2D eigenvalue weighted by Crippen LogP contribution is -2.47. The van der Waals surface area contributed by atoms with Gasteiger partial charge in [-0.1, -0.05) is 48.5 Å². The molecule has 1 fully saturated rings. The number of nitrogens with one attached hydrogen (secondary N) is 3. The predicted octanol–water partition coefficient (Wildman–Crippen LogP) is 6.03. The van der Waals surface area contributed by atoms with E-state index in [0.717, 1.165) is 35.8 Å². The minimum absolute atomic E-state index is 0.212. The standard InChI is InChI=1S/C34H34N6O3/c1-24(26-10-4-3-5-11-26)36-33(41)29-22-28(38-34(42)37-27-12-8-9-25(21-27)23-35)15-16-30(29)39-17-19-40(20-18-39)31-13-6-7-14-32(31)43-2/h3-16,21-22,24H,17-20H2,1-2H3,(H,36,41)(H2,37,38,42)/t24-/m1/s1. The Morgan fingerprint density at radius 2 is 1.44 bits per heavy atom. The number of nitrogens with zero attached hydrogens (tertiary/aromatic N) is 3. The first-order valence-electron chi connectivity index (χ1n) is 14.2. The number of methoxy groups -OCH3 is 1. The molecule has 218 valence electrons. The second-order valence-corrected chi connectivity index (χ2v) is 10.3. The molecule has 1 saturated heterocycles. The third-order valence-electron chi connectivity index (χ3n) is 7.44. The molecule has 5 rings (SSSR count). The van der Waals surface area contributed by atoms with Crippen LogP contribution in [0.4, 0.5) is 27.5 Å². The molecule has 0 spiro atoms. The Balaban J connectivity index is 1.36. The molecule has 1 aliphatic heterocycles. The average molecular weight is 575 g/mol. The normalized spacial score (nSPS) is 13.4. The first kappa shape index (κ1) is 29.0. The van der Waals surface area contributed by atoms with E-state index < -0.39 is 6.03 Å². The van der Waals surface area contributed by atoms with Gasteiger partial charge in [-0.25, -0.2) is 4.79 Å². The summed E-state index contributed by atoms with van der Waals surface area (Å²) in [5.74, 6) is 0.600. The minimum Gasteiger partial charge on any atom is -0.495 e. The quantitative estimate of drug-likeness (QED) is 0.237. The smallest absolute Gasteiger partial charge is 0.323 e. The molecule has 0 bridgehead atoms. The Labute approximate surface area is 251 Å². The first-order valence-corrected chi connectivity index (χ1v) is 14.2. The van der Waals surface area contributed by atoms with Crippen LogP contribution in [-0.2, 0) is 0 Å². The number of carbonyl (C=O) groups is 2. The summed E-state index contributed by atoms with van der Waals surface area (Å²) in [5.41, 5.74) is 4.72. The largest absolute Gasteiger partial charge is 0.495 e. The van der Waals surface area contributed by atoms with Crippen molar-refractivity contribution < 1.29 is 14.3 Å². The van der Waals surface area contributed by atoms with Crippen molar-refractivity contribution in [2.75, 3.05) is 53.7 Å². The summed E-state index contributed by atoms with van der Waals surface area (Å²) in [6.07, 6.45) is 0. The van der Waals surface area contributed by atoms with E-state index in [0.29, 0.717) is 35.6 Å². The van der Waals surface area contributed by atoms with Crippen LogP contribution in [-0.4, -0.2) is 45.2 Å². The van der Waals surface area contributed by atoms with Crippen LogP contribution >= 0.6 is 0 Å². The zero-order chi connectivity index (χ0) is 30.2. The van der Waals surface area contributed by atoms with Gasteiger partial charge in [-0.05, 0) is 61.0 Å². The molecule has 3 N–H and O–H groups in total. The van der Waals surface area contributed by atoms with Crippen LogP contribution in [0.1, 0.15) is 34.5 Å². The summed E-state index contributed by atoms with van der Waals surface area (Å²) in [6.45, 7) is 4.87. The molecule has 0 unspecified atom stereocenters. The number of piperazine rings is 1. The molecule has 1 atom stereocenters. The molecule has 3 amide bonds. The average Bonchev–Trinajstić information content (AvgIpc) is 3.05. The number of nitriles is 1. The third-order valence-corrected chi connectivity index (χ3v) is 7.44. The molecule has 43 heavy (non-hydrogen) atoms. The zero-order valence-corrected chi connectivity index (χ0v) is 24.2. The molecule has 0 aliphatic carbocycles. The van der Waals surface area contributed by atoms with Crippen molar-refractivity contribution in [2.24, 2.45) is 0 Å². The summed E-state index contributed by atoms with van der Waals surface area (Å²) in [4.78, 5) is 31.0. The van der Waals surface area contributed by atoms with Gasteiger partial charge in [0.05, 0.1) is 36.0 Å². The van der Waals surface area contributed by atoms with Gasteiger partial charge in [0.1, 0.15) is 5.75 Å². The SMILES string of the molecule is COc1ccccc1N1CCN(c2ccc(NC(=O)Nc3cccc(C#N)c3)cc2C(=O)N[C@H](C)c2ccccc2)CC1. The van der Waals surface area contributed by atoms with E-state index in [4.69, 9.17) is 10.00 Å². The lowest BCUT2D eigenvalue weighted by molar-refractivity contribution is 0.0940. The topological polar surface area (TPSA) is 110 Å². The fraction of sp³-hybridized carbons (Fsp3) is 0.206. The number of amides is 3. The van der Waals surface area contributed by atoms with Gasteiger partial charge in [-0.15, -0.1) is 0 Å². The van der Waals surface area contributed by atoms with E-state index in [2.05, 4.69) is 37.9 Å². The summed E-state index contributed by atoms with van der Waals surface area (Å²) in [6, 6.07) is 31.2. The molecular weight excluding hydrogens is 540 g/mol. The molecule has 9 nitrogen and oxygen atoms in total. The highest BCUT2D eigenvalue weighted by Crippen LogP contribution is 2.31. The Morgan fingerprint density at radius 3 is 2.14 bits per heavy atom. The lowest BCUT2D eigenvalue weighted by Gasteiger charge is -2.38. The van der Waals surface area contributed by atoms with Crippen molar-refractivity contribution in [1.82, 2.24) is 5.32 Å². The van der Waals surface area contributed by atoms with Crippen LogP contribution in [0, 0.1) is 11.3 Å². The van der Waals surface area contributed by atoms with Crippen molar-refractivity contribution in [3.05, 3.63) is 114 Å². The molecule has 0 aromatic heterocycles.